The van der Waals surface area contributed by atoms with Crippen molar-refractivity contribution in [3.8, 4) is 0 Å². The lowest BCUT2D eigenvalue weighted by Crippen LogP contribution is -1.72. The molecule has 0 aliphatic heterocycles. The number of furan rings is 2. The highest BCUT2D eigenvalue weighted by atomic mass is 79.9. The third kappa shape index (κ3) is 0.904. The predicted molar refractivity (Wildman–Crippen MR) is 58.4 cm³/mol. The van der Waals surface area contributed by atoms with E-state index in [1.54, 1.807) is 12.5 Å². The van der Waals surface area contributed by atoms with Gasteiger partial charge in [0.2, 0.25) is 0 Å². The zero-order valence-corrected chi connectivity index (χ0v) is 9.09. The Morgan fingerprint density at radius 1 is 1.14 bits per heavy atom. The number of hydrogen-bond acceptors (Lipinski definition) is 2. The molecule has 3 rings (SSSR count). The molecule has 0 bridgehead atoms. The molecule has 0 saturated heterocycles. The third-order valence-electron chi connectivity index (χ3n) is 2.42. The molecule has 0 fully saturated rings. The van der Waals surface area contributed by atoms with Gasteiger partial charge in [0, 0.05) is 5.39 Å². The van der Waals surface area contributed by atoms with Crippen molar-refractivity contribution in [2.75, 3.05) is 0 Å². The fraction of sp³-hybridized carbons (Fsp3) is 0.0909. The van der Waals surface area contributed by atoms with Crippen LogP contribution in [0.4, 0.5) is 0 Å². The molecule has 3 aromatic rings. The quantitative estimate of drug-likeness (QED) is 0.597. The monoisotopic (exact) mass is 250 g/mol. The maximum atomic E-state index is 5.49. The number of benzene rings is 1. The molecule has 2 aromatic heterocycles. The molecule has 2 heterocycles. The van der Waals surface area contributed by atoms with Gasteiger partial charge in [-0.2, -0.15) is 0 Å². The van der Waals surface area contributed by atoms with E-state index in [0.717, 1.165) is 32.0 Å². The Morgan fingerprint density at radius 3 is 2.86 bits per heavy atom. The standard InChI is InChI=1S/C11H7BrO2/c1-6-5-14-10-7-2-3-13-11(7)9(12)4-8(6)10/h2-5H,1H3. The van der Waals surface area contributed by atoms with Crippen molar-refractivity contribution in [3.63, 3.8) is 0 Å². The lowest BCUT2D eigenvalue weighted by atomic mass is 10.1. The summed E-state index contributed by atoms with van der Waals surface area (Å²) in [4.78, 5) is 0. The molecule has 14 heavy (non-hydrogen) atoms. The summed E-state index contributed by atoms with van der Waals surface area (Å²) in [5.74, 6) is 0. The highest BCUT2D eigenvalue weighted by Gasteiger charge is 2.11. The number of hydrogen-bond donors (Lipinski definition) is 0. The Bertz CT molecular complexity index is 619. The van der Waals surface area contributed by atoms with Crippen LogP contribution in [0.5, 0.6) is 0 Å². The molecule has 0 aliphatic rings. The minimum Gasteiger partial charge on any atom is -0.463 e. The van der Waals surface area contributed by atoms with E-state index in [-0.39, 0.29) is 0 Å². The molecule has 0 unspecified atom stereocenters. The molecule has 2 nitrogen and oxygen atoms in total. The van der Waals surface area contributed by atoms with Crippen molar-refractivity contribution in [2.24, 2.45) is 0 Å². The topological polar surface area (TPSA) is 26.3 Å². The zero-order chi connectivity index (χ0) is 9.71. The lowest BCUT2D eigenvalue weighted by molar-refractivity contribution is 0.609. The molecule has 0 atom stereocenters. The third-order valence-corrected chi connectivity index (χ3v) is 3.01. The van der Waals surface area contributed by atoms with Crippen LogP contribution in [0.2, 0.25) is 0 Å². The van der Waals surface area contributed by atoms with E-state index >= 15 is 0 Å². The van der Waals surface area contributed by atoms with Gasteiger partial charge in [0.1, 0.15) is 5.58 Å². The Hall–Kier alpha value is -1.22. The number of fused-ring (bicyclic) bond motifs is 3. The van der Waals surface area contributed by atoms with Crippen molar-refractivity contribution in [2.45, 2.75) is 6.92 Å². The highest BCUT2D eigenvalue weighted by Crippen LogP contribution is 2.34. The molecular formula is C11H7BrO2. The fourth-order valence-electron chi connectivity index (χ4n) is 1.71. The van der Waals surface area contributed by atoms with E-state index in [1.807, 2.05) is 19.1 Å². The van der Waals surface area contributed by atoms with Gasteiger partial charge in [-0.25, -0.2) is 0 Å². The van der Waals surface area contributed by atoms with Crippen molar-refractivity contribution in [1.82, 2.24) is 0 Å². The van der Waals surface area contributed by atoms with Gasteiger partial charge in [-0.1, -0.05) is 0 Å². The molecule has 0 N–H and O–H groups in total. The van der Waals surface area contributed by atoms with Gasteiger partial charge in [0.25, 0.3) is 0 Å². The van der Waals surface area contributed by atoms with E-state index in [2.05, 4.69) is 15.9 Å². The van der Waals surface area contributed by atoms with Gasteiger partial charge in [-0.3, -0.25) is 0 Å². The van der Waals surface area contributed by atoms with Crippen LogP contribution in [0.3, 0.4) is 0 Å². The first-order chi connectivity index (χ1) is 6.77. The van der Waals surface area contributed by atoms with Crippen molar-refractivity contribution < 1.29 is 8.83 Å². The molecular weight excluding hydrogens is 244 g/mol. The second-order valence-electron chi connectivity index (χ2n) is 3.32. The summed E-state index contributed by atoms with van der Waals surface area (Å²) >= 11 is 3.48. The van der Waals surface area contributed by atoms with E-state index in [1.165, 1.54) is 0 Å². The van der Waals surface area contributed by atoms with Crippen molar-refractivity contribution in [3.05, 3.63) is 34.7 Å². The summed E-state index contributed by atoms with van der Waals surface area (Å²) in [7, 11) is 0. The van der Waals surface area contributed by atoms with Crippen LogP contribution in [0.1, 0.15) is 5.56 Å². The first-order valence-electron chi connectivity index (χ1n) is 4.31. The van der Waals surface area contributed by atoms with Crippen LogP contribution in [0.15, 0.2) is 38.0 Å². The summed E-state index contributed by atoms with van der Waals surface area (Å²) in [6, 6.07) is 3.95. The second-order valence-corrected chi connectivity index (χ2v) is 4.17. The Kier molecular flexibility index (Phi) is 1.53. The summed E-state index contributed by atoms with van der Waals surface area (Å²) in [6.07, 6.45) is 3.44. The maximum absolute atomic E-state index is 5.49. The molecule has 0 radical (unpaired) electrons. The zero-order valence-electron chi connectivity index (χ0n) is 7.50. The van der Waals surface area contributed by atoms with Crippen LogP contribution in [-0.4, -0.2) is 0 Å². The minimum absolute atomic E-state index is 0.840. The SMILES string of the molecule is Cc1coc2c1cc(Br)c1occc12. The van der Waals surface area contributed by atoms with Gasteiger partial charge in [0.15, 0.2) is 5.58 Å². The van der Waals surface area contributed by atoms with Crippen LogP contribution in [-0.2, 0) is 0 Å². The number of halogens is 1. The largest absolute Gasteiger partial charge is 0.463 e. The van der Waals surface area contributed by atoms with Crippen LogP contribution < -0.4 is 0 Å². The maximum Gasteiger partial charge on any atom is 0.151 e. The van der Waals surface area contributed by atoms with Gasteiger partial charge < -0.3 is 8.83 Å². The Morgan fingerprint density at radius 2 is 2.00 bits per heavy atom. The molecule has 0 saturated carbocycles. The summed E-state index contributed by atoms with van der Waals surface area (Å²) in [5.41, 5.74) is 2.88. The van der Waals surface area contributed by atoms with E-state index in [4.69, 9.17) is 8.83 Å². The van der Waals surface area contributed by atoms with E-state index < -0.39 is 0 Å². The van der Waals surface area contributed by atoms with Gasteiger partial charge in [-0.15, -0.1) is 0 Å². The predicted octanol–water partition coefficient (Wildman–Crippen LogP) is 4.25. The average molecular weight is 251 g/mol. The summed E-state index contributed by atoms with van der Waals surface area (Å²) in [6.45, 7) is 2.03. The number of rotatable bonds is 0. The van der Waals surface area contributed by atoms with Crippen LogP contribution >= 0.6 is 15.9 Å². The molecule has 3 heteroatoms. The van der Waals surface area contributed by atoms with E-state index in [9.17, 15) is 0 Å². The van der Waals surface area contributed by atoms with Gasteiger partial charge in [-0.05, 0) is 40.5 Å². The second kappa shape index (κ2) is 2.64. The lowest BCUT2D eigenvalue weighted by Gasteiger charge is -1.95. The average Bonchev–Trinajstić information content (AvgIpc) is 2.74. The summed E-state index contributed by atoms with van der Waals surface area (Å²) in [5, 5.41) is 2.15. The molecule has 0 amide bonds. The smallest absolute Gasteiger partial charge is 0.151 e. The van der Waals surface area contributed by atoms with Crippen LogP contribution in [0, 0.1) is 6.92 Å². The Balaban J connectivity index is 2.67. The van der Waals surface area contributed by atoms with Gasteiger partial charge >= 0.3 is 0 Å². The highest BCUT2D eigenvalue weighted by molar-refractivity contribution is 9.10. The first kappa shape index (κ1) is 8.12. The van der Waals surface area contributed by atoms with Crippen LogP contribution in [0.25, 0.3) is 21.9 Å². The van der Waals surface area contributed by atoms with Crippen molar-refractivity contribution in [1.29, 1.82) is 0 Å². The molecule has 0 aliphatic carbocycles. The first-order valence-corrected chi connectivity index (χ1v) is 5.10. The molecule has 0 spiro atoms. The van der Waals surface area contributed by atoms with Gasteiger partial charge in [0.05, 0.1) is 22.4 Å². The normalized spacial score (nSPS) is 11.6. The number of aryl methyl sites for hydroxylation is 1. The van der Waals surface area contributed by atoms with E-state index in [0.29, 0.717) is 0 Å². The van der Waals surface area contributed by atoms with Crippen molar-refractivity contribution >= 4 is 37.9 Å². The fourth-order valence-corrected chi connectivity index (χ4v) is 2.24. The minimum atomic E-state index is 0.840. The Labute approximate surface area is 88.6 Å². The summed E-state index contributed by atoms with van der Waals surface area (Å²) < 4.78 is 11.8. The molecule has 70 valence electrons. The molecule has 1 aromatic carbocycles.